The van der Waals surface area contributed by atoms with Gasteiger partial charge in [-0.2, -0.15) is 0 Å². The SMILES string of the molecule is O=C(O)CCC(=O)O.O=C(O)c1ccc(C(=O)O)cc1. The number of carbonyl (C=O) groups is 4. The molecule has 1 rings (SSSR count). The fraction of sp³-hybridized carbons (Fsp3) is 0.167. The van der Waals surface area contributed by atoms with Gasteiger partial charge in [-0.05, 0) is 24.3 Å². The lowest BCUT2D eigenvalue weighted by Crippen LogP contribution is -2.00. The molecular weight excluding hydrogens is 272 g/mol. The molecule has 1 aromatic carbocycles. The van der Waals surface area contributed by atoms with Gasteiger partial charge >= 0.3 is 23.9 Å². The molecule has 0 aromatic heterocycles. The topological polar surface area (TPSA) is 149 Å². The molecule has 0 amide bonds. The van der Waals surface area contributed by atoms with Crippen LogP contribution >= 0.6 is 0 Å². The molecule has 0 radical (unpaired) electrons. The summed E-state index contributed by atoms with van der Waals surface area (Å²) in [5.74, 6) is -4.28. The Hall–Kier alpha value is -2.90. The minimum absolute atomic E-state index is 0.0833. The first kappa shape index (κ1) is 17.1. The number of hydrogen-bond acceptors (Lipinski definition) is 4. The van der Waals surface area contributed by atoms with Gasteiger partial charge in [0.15, 0.2) is 0 Å². The van der Waals surface area contributed by atoms with Crippen molar-refractivity contribution in [3.8, 4) is 0 Å². The molecule has 0 heterocycles. The fourth-order valence-electron chi connectivity index (χ4n) is 0.969. The van der Waals surface area contributed by atoms with E-state index >= 15 is 0 Å². The van der Waals surface area contributed by atoms with Gasteiger partial charge in [-0.25, -0.2) is 9.59 Å². The van der Waals surface area contributed by atoms with E-state index < -0.39 is 23.9 Å². The van der Waals surface area contributed by atoms with Crippen molar-refractivity contribution < 1.29 is 39.6 Å². The summed E-state index contributed by atoms with van der Waals surface area (Å²) in [5, 5.41) is 32.7. The van der Waals surface area contributed by atoms with Crippen LogP contribution in [0.4, 0.5) is 0 Å². The third kappa shape index (κ3) is 7.43. The van der Waals surface area contributed by atoms with E-state index in [0.29, 0.717) is 0 Å². The quantitative estimate of drug-likeness (QED) is 0.625. The van der Waals surface area contributed by atoms with E-state index in [4.69, 9.17) is 20.4 Å². The van der Waals surface area contributed by atoms with E-state index in [1.807, 2.05) is 0 Å². The zero-order chi connectivity index (χ0) is 15.7. The molecule has 0 saturated heterocycles. The molecular formula is C12H12O8. The van der Waals surface area contributed by atoms with Crippen molar-refractivity contribution in [2.75, 3.05) is 0 Å². The Morgan fingerprint density at radius 2 is 0.900 bits per heavy atom. The molecule has 8 nitrogen and oxygen atoms in total. The van der Waals surface area contributed by atoms with E-state index in [1.165, 1.54) is 24.3 Å². The Kier molecular flexibility index (Phi) is 7.05. The van der Waals surface area contributed by atoms with Gasteiger partial charge in [0.2, 0.25) is 0 Å². The Morgan fingerprint density at radius 3 is 1.05 bits per heavy atom. The molecule has 0 unspecified atom stereocenters. The minimum Gasteiger partial charge on any atom is -0.481 e. The fourth-order valence-corrected chi connectivity index (χ4v) is 0.969. The number of rotatable bonds is 5. The lowest BCUT2D eigenvalue weighted by atomic mass is 10.1. The summed E-state index contributed by atoms with van der Waals surface area (Å²) in [7, 11) is 0. The predicted molar refractivity (Wildman–Crippen MR) is 64.9 cm³/mol. The van der Waals surface area contributed by atoms with Gasteiger partial charge in [-0.3, -0.25) is 9.59 Å². The van der Waals surface area contributed by atoms with Crippen LogP contribution in [0.25, 0.3) is 0 Å². The Labute approximate surface area is 112 Å². The molecule has 0 aliphatic heterocycles. The Bertz CT molecular complexity index is 456. The highest BCUT2D eigenvalue weighted by Crippen LogP contribution is 2.03. The first-order chi connectivity index (χ1) is 9.23. The van der Waals surface area contributed by atoms with Crippen LogP contribution in [0.1, 0.15) is 33.6 Å². The third-order valence-electron chi connectivity index (χ3n) is 1.93. The van der Waals surface area contributed by atoms with Gasteiger partial charge in [0, 0.05) is 0 Å². The molecule has 0 bridgehead atoms. The summed E-state index contributed by atoms with van der Waals surface area (Å²) in [6, 6.07) is 5.02. The average Bonchev–Trinajstić information content (AvgIpc) is 2.37. The second-order valence-corrected chi connectivity index (χ2v) is 3.48. The normalized spacial score (nSPS) is 9.00. The molecule has 0 aliphatic carbocycles. The highest BCUT2D eigenvalue weighted by molar-refractivity contribution is 5.91. The van der Waals surface area contributed by atoms with E-state index in [-0.39, 0.29) is 24.0 Å². The predicted octanol–water partition coefficient (Wildman–Crippen LogP) is 1.02. The molecule has 0 atom stereocenters. The molecule has 0 saturated carbocycles. The molecule has 0 fully saturated rings. The maximum absolute atomic E-state index is 10.3. The van der Waals surface area contributed by atoms with Crippen molar-refractivity contribution in [1.82, 2.24) is 0 Å². The molecule has 0 spiro atoms. The minimum atomic E-state index is -1.08. The number of benzene rings is 1. The smallest absolute Gasteiger partial charge is 0.335 e. The van der Waals surface area contributed by atoms with Crippen LogP contribution in [-0.2, 0) is 9.59 Å². The molecule has 108 valence electrons. The van der Waals surface area contributed by atoms with Crippen molar-refractivity contribution >= 4 is 23.9 Å². The van der Waals surface area contributed by atoms with Crippen molar-refractivity contribution in [2.24, 2.45) is 0 Å². The number of carboxylic acid groups (broad SMARTS) is 4. The maximum atomic E-state index is 10.3. The molecule has 0 aliphatic rings. The zero-order valence-corrected chi connectivity index (χ0v) is 10.1. The number of aliphatic carboxylic acids is 2. The van der Waals surface area contributed by atoms with Crippen molar-refractivity contribution in [2.45, 2.75) is 12.8 Å². The summed E-state index contributed by atoms with van der Waals surface area (Å²) in [6.07, 6.45) is -0.593. The van der Waals surface area contributed by atoms with Gasteiger partial charge in [-0.15, -0.1) is 0 Å². The number of hydrogen-bond donors (Lipinski definition) is 4. The highest BCUT2D eigenvalue weighted by atomic mass is 16.4. The Balaban J connectivity index is 0.000000396. The molecule has 1 aromatic rings. The van der Waals surface area contributed by atoms with Gasteiger partial charge in [0.05, 0.1) is 24.0 Å². The summed E-state index contributed by atoms with van der Waals surface area (Å²) in [4.78, 5) is 40.0. The largest absolute Gasteiger partial charge is 0.481 e. The van der Waals surface area contributed by atoms with Crippen LogP contribution in [-0.4, -0.2) is 44.3 Å². The average molecular weight is 284 g/mol. The lowest BCUT2D eigenvalue weighted by molar-refractivity contribution is -0.143. The standard InChI is InChI=1S/C8H6O4.C4H6O4/c9-7(10)5-1-2-6(4-3-5)8(11)12;5-3(6)1-2-4(7)8/h1-4H,(H,9,10)(H,11,12);1-2H2,(H,5,6)(H,7,8). The van der Waals surface area contributed by atoms with Gasteiger partial charge in [-0.1, -0.05) is 0 Å². The van der Waals surface area contributed by atoms with E-state index in [0.717, 1.165) is 0 Å². The highest BCUT2D eigenvalue weighted by Gasteiger charge is 2.04. The van der Waals surface area contributed by atoms with Crippen LogP contribution in [0.2, 0.25) is 0 Å². The van der Waals surface area contributed by atoms with Crippen molar-refractivity contribution in [3.63, 3.8) is 0 Å². The third-order valence-corrected chi connectivity index (χ3v) is 1.93. The summed E-state index contributed by atoms with van der Waals surface area (Å²) < 4.78 is 0. The van der Waals surface area contributed by atoms with Crippen molar-refractivity contribution in [1.29, 1.82) is 0 Å². The summed E-state index contributed by atoms with van der Waals surface area (Å²) >= 11 is 0. The zero-order valence-electron chi connectivity index (χ0n) is 10.1. The Morgan fingerprint density at radius 1 is 0.650 bits per heavy atom. The van der Waals surface area contributed by atoms with E-state index in [2.05, 4.69) is 0 Å². The molecule has 4 N–H and O–H groups in total. The van der Waals surface area contributed by atoms with E-state index in [1.54, 1.807) is 0 Å². The number of carboxylic acids is 4. The lowest BCUT2D eigenvalue weighted by Gasteiger charge is -1.94. The number of aromatic carboxylic acids is 2. The first-order valence-corrected chi connectivity index (χ1v) is 5.24. The summed E-state index contributed by atoms with van der Waals surface area (Å²) in [6.45, 7) is 0. The van der Waals surface area contributed by atoms with E-state index in [9.17, 15) is 19.2 Å². The second-order valence-electron chi connectivity index (χ2n) is 3.48. The van der Waals surface area contributed by atoms with Crippen LogP contribution in [0.3, 0.4) is 0 Å². The van der Waals surface area contributed by atoms with Crippen LogP contribution in [0, 0.1) is 0 Å². The molecule has 20 heavy (non-hydrogen) atoms. The molecule has 8 heteroatoms. The monoisotopic (exact) mass is 284 g/mol. The van der Waals surface area contributed by atoms with Gasteiger partial charge < -0.3 is 20.4 Å². The summed E-state index contributed by atoms with van der Waals surface area (Å²) in [5.41, 5.74) is 0.167. The van der Waals surface area contributed by atoms with Crippen LogP contribution in [0.15, 0.2) is 24.3 Å². The first-order valence-electron chi connectivity index (χ1n) is 5.24. The van der Waals surface area contributed by atoms with Crippen LogP contribution in [0.5, 0.6) is 0 Å². The second kappa shape index (κ2) is 8.25. The van der Waals surface area contributed by atoms with Crippen molar-refractivity contribution in [3.05, 3.63) is 35.4 Å². The van der Waals surface area contributed by atoms with Crippen LogP contribution < -0.4 is 0 Å². The maximum Gasteiger partial charge on any atom is 0.335 e. The van der Waals surface area contributed by atoms with Gasteiger partial charge in [0.25, 0.3) is 0 Å². The van der Waals surface area contributed by atoms with Gasteiger partial charge in [0.1, 0.15) is 0 Å².